The predicted molar refractivity (Wildman–Crippen MR) is 89.0 cm³/mol. The standard InChI is InChI=1S/C18H24N2O2/c1-2-9-18(13-21)12-20(11-8-16(18)22)17-15-6-4-3-5-14(15)7-10-19-17/h3-7,10,16,21-22H,2,8-9,11-13H2,1H3/t16-,18+/m1/s1. The van der Waals surface area contributed by atoms with Crippen molar-refractivity contribution in [3.05, 3.63) is 36.5 Å². The van der Waals surface area contributed by atoms with Crippen LogP contribution in [-0.2, 0) is 0 Å². The lowest BCUT2D eigenvalue weighted by atomic mass is 9.74. The number of aliphatic hydroxyl groups excluding tert-OH is 2. The second kappa shape index (κ2) is 6.23. The van der Waals surface area contributed by atoms with Crippen molar-refractivity contribution in [2.75, 3.05) is 24.6 Å². The molecule has 2 atom stereocenters. The van der Waals surface area contributed by atoms with Crippen LogP contribution in [-0.4, -0.2) is 41.0 Å². The molecule has 0 radical (unpaired) electrons. The van der Waals surface area contributed by atoms with E-state index in [9.17, 15) is 10.2 Å². The minimum Gasteiger partial charge on any atom is -0.396 e. The Hall–Kier alpha value is -1.65. The summed E-state index contributed by atoms with van der Waals surface area (Å²) in [6.45, 7) is 3.54. The molecule has 0 spiro atoms. The van der Waals surface area contributed by atoms with Gasteiger partial charge >= 0.3 is 0 Å². The smallest absolute Gasteiger partial charge is 0.136 e. The highest BCUT2D eigenvalue weighted by Gasteiger charge is 2.42. The number of aliphatic hydroxyl groups is 2. The lowest BCUT2D eigenvalue weighted by Gasteiger charge is -2.46. The van der Waals surface area contributed by atoms with Gasteiger partial charge in [0.1, 0.15) is 5.82 Å². The molecule has 1 aromatic heterocycles. The molecule has 4 nitrogen and oxygen atoms in total. The zero-order valence-electron chi connectivity index (χ0n) is 13.1. The summed E-state index contributed by atoms with van der Waals surface area (Å²) in [5, 5.41) is 22.6. The van der Waals surface area contributed by atoms with Crippen molar-refractivity contribution in [2.24, 2.45) is 5.41 Å². The minimum atomic E-state index is -0.441. The molecule has 4 heteroatoms. The SMILES string of the molecule is CCC[C@@]1(CO)CN(c2nccc3ccccc23)CC[C@H]1O. The molecule has 2 heterocycles. The largest absolute Gasteiger partial charge is 0.396 e. The number of piperidine rings is 1. The van der Waals surface area contributed by atoms with Crippen LogP contribution in [0.3, 0.4) is 0 Å². The lowest BCUT2D eigenvalue weighted by molar-refractivity contribution is -0.0352. The van der Waals surface area contributed by atoms with Crippen molar-refractivity contribution < 1.29 is 10.2 Å². The summed E-state index contributed by atoms with van der Waals surface area (Å²) in [4.78, 5) is 6.80. The topological polar surface area (TPSA) is 56.6 Å². The highest BCUT2D eigenvalue weighted by atomic mass is 16.3. The maximum absolute atomic E-state index is 10.4. The number of aromatic nitrogens is 1. The molecular weight excluding hydrogens is 276 g/mol. The van der Waals surface area contributed by atoms with Crippen molar-refractivity contribution >= 4 is 16.6 Å². The minimum absolute atomic E-state index is 0.0171. The van der Waals surface area contributed by atoms with Gasteiger partial charge in [-0.05, 0) is 24.3 Å². The quantitative estimate of drug-likeness (QED) is 0.911. The molecule has 2 aromatic rings. The molecule has 2 N–H and O–H groups in total. The van der Waals surface area contributed by atoms with Crippen molar-refractivity contribution in [3.63, 3.8) is 0 Å². The molecule has 22 heavy (non-hydrogen) atoms. The molecule has 0 bridgehead atoms. The summed E-state index contributed by atoms with van der Waals surface area (Å²) in [6.07, 6.45) is 3.85. The molecule has 3 rings (SSSR count). The second-order valence-corrected chi connectivity index (χ2v) is 6.35. The van der Waals surface area contributed by atoms with Crippen molar-refractivity contribution in [3.8, 4) is 0 Å². The van der Waals surface area contributed by atoms with Crippen LogP contribution in [0.25, 0.3) is 10.8 Å². The highest BCUT2D eigenvalue weighted by Crippen LogP contribution is 2.37. The van der Waals surface area contributed by atoms with Gasteiger partial charge in [-0.1, -0.05) is 37.6 Å². The fourth-order valence-corrected chi connectivity index (χ4v) is 3.66. The maximum atomic E-state index is 10.4. The molecule has 0 amide bonds. The van der Waals surface area contributed by atoms with Gasteiger partial charge in [0.25, 0.3) is 0 Å². The van der Waals surface area contributed by atoms with Gasteiger partial charge in [0.15, 0.2) is 0 Å². The first kappa shape index (κ1) is 15.3. The monoisotopic (exact) mass is 300 g/mol. The summed E-state index contributed by atoms with van der Waals surface area (Å²) < 4.78 is 0. The Kier molecular flexibility index (Phi) is 4.32. The Morgan fingerprint density at radius 2 is 2.14 bits per heavy atom. The van der Waals surface area contributed by atoms with E-state index in [1.807, 2.05) is 24.4 Å². The summed E-state index contributed by atoms with van der Waals surface area (Å²) in [7, 11) is 0. The van der Waals surface area contributed by atoms with E-state index in [0.717, 1.165) is 30.6 Å². The van der Waals surface area contributed by atoms with E-state index < -0.39 is 11.5 Å². The first-order valence-electron chi connectivity index (χ1n) is 8.08. The Morgan fingerprint density at radius 1 is 1.32 bits per heavy atom. The fourth-order valence-electron chi connectivity index (χ4n) is 3.66. The third-order valence-corrected chi connectivity index (χ3v) is 4.90. The number of fused-ring (bicyclic) bond motifs is 1. The van der Waals surface area contributed by atoms with E-state index in [1.54, 1.807) is 0 Å². The zero-order valence-corrected chi connectivity index (χ0v) is 13.1. The number of pyridine rings is 1. The lowest BCUT2D eigenvalue weighted by Crippen LogP contribution is -2.54. The molecule has 0 saturated carbocycles. The summed E-state index contributed by atoms with van der Waals surface area (Å²) >= 11 is 0. The van der Waals surface area contributed by atoms with E-state index in [0.29, 0.717) is 13.0 Å². The molecule has 1 aliphatic rings. The van der Waals surface area contributed by atoms with Crippen LogP contribution >= 0.6 is 0 Å². The predicted octanol–water partition coefficient (Wildman–Crippen LogP) is 2.58. The van der Waals surface area contributed by atoms with Gasteiger partial charge in [-0.3, -0.25) is 0 Å². The zero-order chi connectivity index (χ0) is 15.6. The van der Waals surface area contributed by atoms with Gasteiger partial charge in [0.05, 0.1) is 12.7 Å². The van der Waals surface area contributed by atoms with E-state index >= 15 is 0 Å². The number of hydrogen-bond acceptors (Lipinski definition) is 4. The van der Waals surface area contributed by atoms with Gasteiger partial charge in [0, 0.05) is 30.1 Å². The molecule has 1 aromatic carbocycles. The Labute approximate surface area is 131 Å². The first-order valence-corrected chi connectivity index (χ1v) is 8.08. The Morgan fingerprint density at radius 3 is 2.91 bits per heavy atom. The molecule has 1 saturated heterocycles. The number of anilines is 1. The molecule has 1 fully saturated rings. The number of nitrogens with zero attached hydrogens (tertiary/aromatic N) is 2. The Balaban J connectivity index is 1.97. The van der Waals surface area contributed by atoms with E-state index in [1.165, 1.54) is 5.39 Å². The van der Waals surface area contributed by atoms with Crippen LogP contribution in [0.1, 0.15) is 26.2 Å². The van der Waals surface area contributed by atoms with Gasteiger partial charge in [0.2, 0.25) is 0 Å². The van der Waals surface area contributed by atoms with Crippen LogP contribution in [0.2, 0.25) is 0 Å². The number of rotatable bonds is 4. The van der Waals surface area contributed by atoms with Crippen LogP contribution in [0, 0.1) is 5.41 Å². The van der Waals surface area contributed by atoms with Crippen LogP contribution < -0.4 is 4.90 Å². The average Bonchev–Trinajstić information content (AvgIpc) is 2.56. The van der Waals surface area contributed by atoms with Crippen molar-refractivity contribution in [1.29, 1.82) is 0 Å². The summed E-state index contributed by atoms with van der Waals surface area (Å²) in [6, 6.07) is 10.2. The van der Waals surface area contributed by atoms with Gasteiger partial charge < -0.3 is 15.1 Å². The van der Waals surface area contributed by atoms with E-state index in [-0.39, 0.29) is 6.61 Å². The second-order valence-electron chi connectivity index (χ2n) is 6.35. The van der Waals surface area contributed by atoms with Gasteiger partial charge in [-0.15, -0.1) is 0 Å². The number of benzene rings is 1. The van der Waals surface area contributed by atoms with Gasteiger partial charge in [-0.2, -0.15) is 0 Å². The fraction of sp³-hybridized carbons (Fsp3) is 0.500. The normalized spacial score (nSPS) is 25.6. The molecule has 1 aliphatic heterocycles. The van der Waals surface area contributed by atoms with Crippen molar-refractivity contribution in [2.45, 2.75) is 32.3 Å². The van der Waals surface area contributed by atoms with E-state index in [4.69, 9.17) is 0 Å². The first-order chi connectivity index (χ1) is 10.7. The maximum Gasteiger partial charge on any atom is 0.136 e. The molecule has 118 valence electrons. The molecule has 0 aliphatic carbocycles. The van der Waals surface area contributed by atoms with Gasteiger partial charge in [-0.25, -0.2) is 4.98 Å². The summed E-state index contributed by atoms with van der Waals surface area (Å²) in [5.74, 6) is 0.957. The summed E-state index contributed by atoms with van der Waals surface area (Å²) in [5.41, 5.74) is -0.439. The van der Waals surface area contributed by atoms with E-state index in [2.05, 4.69) is 28.9 Å². The highest BCUT2D eigenvalue weighted by molar-refractivity contribution is 5.92. The van der Waals surface area contributed by atoms with Crippen LogP contribution in [0.4, 0.5) is 5.82 Å². The van der Waals surface area contributed by atoms with Crippen LogP contribution in [0.15, 0.2) is 36.5 Å². The van der Waals surface area contributed by atoms with Crippen LogP contribution in [0.5, 0.6) is 0 Å². The van der Waals surface area contributed by atoms with Crippen molar-refractivity contribution in [1.82, 2.24) is 4.98 Å². The third-order valence-electron chi connectivity index (χ3n) is 4.90. The molecular formula is C18H24N2O2. The Bertz CT molecular complexity index is 641. The average molecular weight is 300 g/mol. The molecule has 0 unspecified atom stereocenters. The third kappa shape index (κ3) is 2.57. The number of hydrogen-bond donors (Lipinski definition) is 2.